The molecule has 0 saturated heterocycles. The molecule has 10 heavy (non-hydrogen) atoms. The maximum absolute atomic E-state index is 12.4. The Morgan fingerprint density at radius 1 is 1.60 bits per heavy atom. The third-order valence-corrected chi connectivity index (χ3v) is 1.15. The van der Waals surface area contributed by atoms with Crippen LogP contribution in [0.25, 0.3) is 0 Å². The van der Waals surface area contributed by atoms with Gasteiger partial charge in [0.1, 0.15) is 6.10 Å². The number of unbranched alkanes of at least 4 members (excludes halogenated alkanes) is 1. The first kappa shape index (κ1) is 9.85. The van der Waals surface area contributed by atoms with Crippen molar-refractivity contribution in [3.05, 3.63) is 0 Å². The molecule has 0 amide bonds. The molecule has 0 spiro atoms. The Kier molecular flexibility index (Phi) is 5.54. The van der Waals surface area contributed by atoms with E-state index >= 15 is 0 Å². The van der Waals surface area contributed by atoms with Crippen LogP contribution in [0.5, 0.6) is 0 Å². The second-order valence-corrected chi connectivity index (χ2v) is 2.32. The molecule has 0 aliphatic heterocycles. The van der Waals surface area contributed by atoms with Gasteiger partial charge in [0.05, 0.1) is 6.61 Å². The zero-order valence-electron chi connectivity index (χ0n) is 6.51. The summed E-state index contributed by atoms with van der Waals surface area (Å²) in [7, 11) is 0. The Bertz CT molecular complexity index is 76.0. The van der Waals surface area contributed by atoms with Crippen LogP contribution in [0, 0.1) is 0 Å². The monoisotopic (exact) mass is 150 g/mol. The largest absolute Gasteiger partial charge is 0.388 e. The van der Waals surface area contributed by atoms with Crippen molar-refractivity contribution >= 4 is 0 Å². The summed E-state index contributed by atoms with van der Waals surface area (Å²) in [6.45, 7) is 3.76. The lowest BCUT2D eigenvalue weighted by Crippen LogP contribution is -2.21. The summed E-state index contributed by atoms with van der Waals surface area (Å²) in [6.07, 6.45) is -0.719. The van der Waals surface area contributed by atoms with Crippen LogP contribution in [0.2, 0.25) is 0 Å². The van der Waals surface area contributed by atoms with Gasteiger partial charge in [0.2, 0.25) is 6.36 Å². The van der Waals surface area contributed by atoms with Crippen LogP contribution in [-0.2, 0) is 4.74 Å². The number of halogens is 1. The second kappa shape index (κ2) is 5.62. The first-order valence-electron chi connectivity index (χ1n) is 3.62. The maximum Gasteiger partial charge on any atom is 0.224 e. The molecule has 0 aliphatic rings. The molecule has 62 valence electrons. The number of ether oxygens (including phenoxy) is 1. The van der Waals surface area contributed by atoms with Gasteiger partial charge in [0.25, 0.3) is 0 Å². The van der Waals surface area contributed by atoms with Gasteiger partial charge >= 0.3 is 0 Å². The fourth-order valence-electron chi connectivity index (χ4n) is 0.480. The van der Waals surface area contributed by atoms with Crippen LogP contribution in [0.3, 0.4) is 0 Å². The van der Waals surface area contributed by atoms with Gasteiger partial charge in [-0.1, -0.05) is 13.3 Å². The molecule has 0 fully saturated rings. The van der Waals surface area contributed by atoms with Crippen molar-refractivity contribution in [2.75, 3.05) is 6.61 Å². The average Bonchev–Trinajstić information content (AvgIpc) is 1.88. The highest BCUT2D eigenvalue weighted by Crippen LogP contribution is 2.01. The summed E-state index contributed by atoms with van der Waals surface area (Å²) in [5.41, 5.74) is 0. The van der Waals surface area contributed by atoms with Crippen molar-refractivity contribution < 1.29 is 14.2 Å². The molecule has 0 saturated carbocycles. The smallest absolute Gasteiger partial charge is 0.224 e. The molecular formula is C7H15FO2. The predicted octanol–water partition coefficient (Wildman–Crippen LogP) is 1.48. The van der Waals surface area contributed by atoms with Gasteiger partial charge in [-0.15, -0.1) is 0 Å². The maximum atomic E-state index is 12.4. The molecule has 0 aromatic heterocycles. The topological polar surface area (TPSA) is 29.5 Å². The predicted molar refractivity (Wildman–Crippen MR) is 37.4 cm³/mol. The molecule has 2 atom stereocenters. The normalized spacial score (nSPS) is 16.8. The Labute approximate surface area is 61.0 Å². The number of rotatable bonds is 5. The van der Waals surface area contributed by atoms with Crippen LogP contribution < -0.4 is 0 Å². The fraction of sp³-hybridized carbons (Fsp3) is 1.00. The van der Waals surface area contributed by atoms with E-state index in [0.717, 1.165) is 12.8 Å². The van der Waals surface area contributed by atoms with Crippen molar-refractivity contribution in [1.82, 2.24) is 0 Å². The van der Waals surface area contributed by atoms with Crippen LogP contribution >= 0.6 is 0 Å². The Balaban J connectivity index is 3.13. The molecule has 0 radical (unpaired) electrons. The van der Waals surface area contributed by atoms with Crippen LogP contribution in [0.1, 0.15) is 26.7 Å². The summed E-state index contributed by atoms with van der Waals surface area (Å²) in [5, 5.41) is 8.62. The average molecular weight is 150 g/mol. The minimum Gasteiger partial charge on any atom is -0.388 e. The van der Waals surface area contributed by atoms with Gasteiger partial charge in [-0.2, -0.15) is 0 Å². The van der Waals surface area contributed by atoms with Gasteiger partial charge in [-0.3, -0.25) is 0 Å². The summed E-state index contributed by atoms with van der Waals surface area (Å²) in [4.78, 5) is 0. The van der Waals surface area contributed by atoms with E-state index in [1.807, 2.05) is 6.92 Å². The zero-order valence-corrected chi connectivity index (χ0v) is 6.51. The van der Waals surface area contributed by atoms with E-state index in [-0.39, 0.29) is 0 Å². The third-order valence-electron chi connectivity index (χ3n) is 1.15. The van der Waals surface area contributed by atoms with E-state index in [2.05, 4.69) is 4.74 Å². The van der Waals surface area contributed by atoms with E-state index in [1.54, 1.807) is 0 Å². The first-order chi connectivity index (χ1) is 4.68. The summed E-state index contributed by atoms with van der Waals surface area (Å²) < 4.78 is 17.0. The molecule has 0 rings (SSSR count). The van der Waals surface area contributed by atoms with Gasteiger partial charge in [0, 0.05) is 0 Å². The number of hydrogen-bond acceptors (Lipinski definition) is 2. The summed E-state index contributed by atoms with van der Waals surface area (Å²) in [6, 6.07) is 0. The standard InChI is InChI=1S/C7H15FO2/c1-3-4-5-10-7(8)6(2)9/h6-7,9H,3-5H2,1-2H3. The lowest BCUT2D eigenvalue weighted by Gasteiger charge is -2.10. The molecule has 0 bridgehead atoms. The Hall–Kier alpha value is -0.150. The zero-order chi connectivity index (χ0) is 7.98. The second-order valence-electron chi connectivity index (χ2n) is 2.32. The Morgan fingerprint density at radius 3 is 2.60 bits per heavy atom. The molecule has 3 heteroatoms. The third kappa shape index (κ3) is 4.70. The number of aliphatic hydroxyl groups is 1. The highest BCUT2D eigenvalue weighted by molar-refractivity contribution is 4.49. The van der Waals surface area contributed by atoms with E-state index in [1.165, 1.54) is 6.92 Å². The molecule has 2 nitrogen and oxygen atoms in total. The Morgan fingerprint density at radius 2 is 2.20 bits per heavy atom. The SMILES string of the molecule is CCCCOC(F)C(C)O. The molecule has 0 aliphatic carbocycles. The van der Waals surface area contributed by atoms with Crippen molar-refractivity contribution in [3.8, 4) is 0 Å². The molecule has 1 N–H and O–H groups in total. The van der Waals surface area contributed by atoms with E-state index in [0.29, 0.717) is 6.61 Å². The summed E-state index contributed by atoms with van der Waals surface area (Å²) in [5.74, 6) is 0. The van der Waals surface area contributed by atoms with Crippen LogP contribution in [-0.4, -0.2) is 24.2 Å². The van der Waals surface area contributed by atoms with Crippen LogP contribution in [0.4, 0.5) is 4.39 Å². The quantitative estimate of drug-likeness (QED) is 0.601. The van der Waals surface area contributed by atoms with Crippen molar-refractivity contribution in [2.45, 2.75) is 39.2 Å². The lowest BCUT2D eigenvalue weighted by molar-refractivity contribution is -0.106. The van der Waals surface area contributed by atoms with Gasteiger partial charge in [-0.05, 0) is 13.3 Å². The minimum absolute atomic E-state index is 0.391. The fourth-order valence-corrected chi connectivity index (χ4v) is 0.480. The van der Waals surface area contributed by atoms with E-state index in [9.17, 15) is 4.39 Å². The molecule has 0 heterocycles. The number of hydrogen-bond donors (Lipinski definition) is 1. The van der Waals surface area contributed by atoms with Gasteiger partial charge in [-0.25, -0.2) is 4.39 Å². The van der Waals surface area contributed by atoms with E-state index in [4.69, 9.17) is 5.11 Å². The van der Waals surface area contributed by atoms with Crippen molar-refractivity contribution in [1.29, 1.82) is 0 Å². The lowest BCUT2D eigenvalue weighted by atomic mass is 10.3. The van der Waals surface area contributed by atoms with Crippen molar-refractivity contribution in [3.63, 3.8) is 0 Å². The molecule has 2 unspecified atom stereocenters. The van der Waals surface area contributed by atoms with Crippen molar-refractivity contribution in [2.24, 2.45) is 0 Å². The molecule has 0 aromatic rings. The summed E-state index contributed by atoms with van der Waals surface area (Å²) >= 11 is 0. The molecular weight excluding hydrogens is 135 g/mol. The van der Waals surface area contributed by atoms with Crippen LogP contribution in [0.15, 0.2) is 0 Å². The molecule has 0 aromatic carbocycles. The number of alkyl halides is 1. The van der Waals surface area contributed by atoms with E-state index < -0.39 is 12.5 Å². The van der Waals surface area contributed by atoms with Gasteiger partial charge in [0.15, 0.2) is 0 Å². The minimum atomic E-state index is -1.52. The highest BCUT2D eigenvalue weighted by Gasteiger charge is 2.11. The highest BCUT2D eigenvalue weighted by atomic mass is 19.1. The first-order valence-corrected chi connectivity index (χ1v) is 3.62. The number of aliphatic hydroxyl groups excluding tert-OH is 1. The van der Waals surface area contributed by atoms with Gasteiger partial charge < -0.3 is 9.84 Å².